The van der Waals surface area contributed by atoms with E-state index in [9.17, 15) is 18.4 Å². The van der Waals surface area contributed by atoms with Crippen LogP contribution in [0.2, 0.25) is 0 Å². The molecule has 0 radical (unpaired) electrons. The van der Waals surface area contributed by atoms with Crippen molar-refractivity contribution in [2.75, 3.05) is 6.61 Å². The van der Waals surface area contributed by atoms with Crippen molar-refractivity contribution in [3.63, 3.8) is 0 Å². The molecule has 0 fully saturated rings. The first-order valence-electron chi connectivity index (χ1n) is 8.21. The molecule has 0 N–H and O–H groups in total. The van der Waals surface area contributed by atoms with Crippen LogP contribution in [-0.4, -0.2) is 23.3 Å². The fourth-order valence-electron chi connectivity index (χ4n) is 2.33. The van der Waals surface area contributed by atoms with E-state index < -0.39 is 30.0 Å². The van der Waals surface area contributed by atoms with Gasteiger partial charge in [0.05, 0.1) is 21.8 Å². The lowest BCUT2D eigenvalue weighted by atomic mass is 10.1. The van der Waals surface area contributed by atoms with Crippen LogP contribution in [-0.2, 0) is 10.5 Å². The molecule has 2 aromatic carbocycles. The van der Waals surface area contributed by atoms with Crippen LogP contribution in [0, 0.1) is 18.6 Å². The quantitative estimate of drug-likeness (QED) is 0.304. The Hall–Kier alpha value is -2.58. The van der Waals surface area contributed by atoms with E-state index in [2.05, 4.69) is 4.98 Å². The monoisotopic (exact) mass is 419 g/mol. The molecular formula is C20H15F2NO3S2. The predicted octanol–water partition coefficient (Wildman–Crippen LogP) is 5.06. The lowest BCUT2D eigenvalue weighted by Gasteiger charge is -2.06. The van der Waals surface area contributed by atoms with Crippen molar-refractivity contribution in [1.82, 2.24) is 4.98 Å². The van der Waals surface area contributed by atoms with Crippen molar-refractivity contribution >= 4 is 34.9 Å². The lowest BCUT2D eigenvalue weighted by Crippen LogP contribution is -2.15. The van der Waals surface area contributed by atoms with Gasteiger partial charge in [0.25, 0.3) is 0 Å². The molecule has 8 heteroatoms. The van der Waals surface area contributed by atoms with Gasteiger partial charge in [0.15, 0.2) is 6.61 Å². The molecule has 0 amide bonds. The number of rotatable bonds is 7. The molecular weight excluding hydrogens is 404 g/mol. The summed E-state index contributed by atoms with van der Waals surface area (Å²) in [6.07, 6.45) is 0. The van der Waals surface area contributed by atoms with E-state index in [-0.39, 0.29) is 11.1 Å². The van der Waals surface area contributed by atoms with Crippen LogP contribution in [0.25, 0.3) is 0 Å². The number of carbonyl (C=O) groups excluding carboxylic acids is 2. The van der Waals surface area contributed by atoms with Crippen LogP contribution in [0.1, 0.15) is 31.4 Å². The van der Waals surface area contributed by atoms with E-state index in [1.54, 1.807) is 47.4 Å². The molecule has 0 saturated heterocycles. The number of aryl methyl sites for hydroxylation is 1. The summed E-state index contributed by atoms with van der Waals surface area (Å²) in [5.41, 5.74) is 0.960. The van der Waals surface area contributed by atoms with Gasteiger partial charge in [-0.25, -0.2) is 18.6 Å². The molecule has 144 valence electrons. The van der Waals surface area contributed by atoms with Gasteiger partial charge < -0.3 is 4.74 Å². The number of carbonyl (C=O) groups is 2. The van der Waals surface area contributed by atoms with Gasteiger partial charge in [-0.05, 0) is 43.3 Å². The molecule has 0 bridgehead atoms. The van der Waals surface area contributed by atoms with Gasteiger partial charge in [-0.1, -0.05) is 0 Å². The number of nitrogens with zero attached hydrogens (tertiary/aromatic N) is 1. The minimum atomic E-state index is -0.988. The maximum atomic E-state index is 13.6. The maximum absolute atomic E-state index is 13.6. The minimum absolute atomic E-state index is 0.279. The molecule has 28 heavy (non-hydrogen) atoms. The fourth-order valence-corrected chi connectivity index (χ4v) is 3.84. The number of hydrogen-bond acceptors (Lipinski definition) is 6. The Kier molecular flexibility index (Phi) is 6.53. The van der Waals surface area contributed by atoms with Crippen LogP contribution in [0.4, 0.5) is 8.78 Å². The molecule has 3 rings (SSSR count). The van der Waals surface area contributed by atoms with Gasteiger partial charge in [-0.3, -0.25) is 4.79 Å². The molecule has 0 unspecified atom stereocenters. The number of thioether (sulfide) groups is 1. The highest BCUT2D eigenvalue weighted by Gasteiger charge is 2.16. The van der Waals surface area contributed by atoms with Gasteiger partial charge in [-0.15, -0.1) is 23.1 Å². The first-order valence-corrected chi connectivity index (χ1v) is 10.1. The zero-order valence-corrected chi connectivity index (χ0v) is 16.4. The van der Waals surface area contributed by atoms with Crippen LogP contribution in [0.3, 0.4) is 0 Å². The van der Waals surface area contributed by atoms with Crippen molar-refractivity contribution < 1.29 is 23.1 Å². The average molecular weight is 419 g/mol. The Morgan fingerprint density at radius 3 is 2.54 bits per heavy atom. The summed E-state index contributed by atoms with van der Waals surface area (Å²) in [4.78, 5) is 29.4. The van der Waals surface area contributed by atoms with E-state index in [1.165, 1.54) is 0 Å². The Labute approximate surface area is 168 Å². The Morgan fingerprint density at radius 2 is 1.89 bits per heavy atom. The lowest BCUT2D eigenvalue weighted by molar-refractivity contribution is 0.0473. The summed E-state index contributed by atoms with van der Waals surface area (Å²) >= 11 is 3.19. The van der Waals surface area contributed by atoms with Crippen LogP contribution >= 0.6 is 23.1 Å². The highest BCUT2D eigenvalue weighted by atomic mass is 32.2. The summed E-state index contributed by atoms with van der Waals surface area (Å²) in [6, 6.07) is 9.36. The molecule has 4 nitrogen and oxygen atoms in total. The highest BCUT2D eigenvalue weighted by Crippen LogP contribution is 2.24. The third kappa shape index (κ3) is 5.24. The number of ketones is 1. The number of halogens is 2. The number of esters is 1. The third-order valence-electron chi connectivity index (χ3n) is 3.71. The van der Waals surface area contributed by atoms with Crippen molar-refractivity contribution in [2.24, 2.45) is 0 Å². The van der Waals surface area contributed by atoms with E-state index in [1.807, 2.05) is 12.3 Å². The standard InChI is InChI=1S/C20H15F2NO3S2/c1-12-23-15(10-27-12)11-28-16-5-2-13(3-6-16)20(25)26-9-19(24)17-7-4-14(21)8-18(17)22/h2-8,10H,9,11H2,1H3. The van der Waals surface area contributed by atoms with E-state index >= 15 is 0 Å². The third-order valence-corrected chi connectivity index (χ3v) is 5.58. The summed E-state index contributed by atoms with van der Waals surface area (Å²) in [6.45, 7) is 1.33. The number of thiazole rings is 1. The second-order valence-corrected chi connectivity index (χ2v) is 7.91. The topological polar surface area (TPSA) is 56.3 Å². The maximum Gasteiger partial charge on any atom is 0.338 e. The second-order valence-electron chi connectivity index (χ2n) is 5.79. The Balaban J connectivity index is 1.53. The molecule has 3 aromatic rings. The zero-order valence-electron chi connectivity index (χ0n) is 14.8. The number of Topliss-reactive ketones (excluding diaryl/α,β-unsaturated/α-hetero) is 1. The zero-order chi connectivity index (χ0) is 20.1. The first kappa shape index (κ1) is 20.2. The fraction of sp³-hybridized carbons (Fsp3) is 0.150. The smallest absolute Gasteiger partial charge is 0.338 e. The first-order chi connectivity index (χ1) is 13.4. The molecule has 0 saturated carbocycles. The van der Waals surface area contributed by atoms with Gasteiger partial charge in [-0.2, -0.15) is 0 Å². The summed E-state index contributed by atoms with van der Waals surface area (Å²) in [7, 11) is 0. The van der Waals surface area contributed by atoms with Crippen LogP contribution < -0.4 is 0 Å². The Morgan fingerprint density at radius 1 is 1.14 bits per heavy atom. The van der Waals surface area contributed by atoms with Crippen LogP contribution in [0.15, 0.2) is 52.7 Å². The molecule has 0 atom stereocenters. The van der Waals surface area contributed by atoms with Crippen molar-refractivity contribution in [2.45, 2.75) is 17.6 Å². The van der Waals surface area contributed by atoms with Crippen molar-refractivity contribution in [3.05, 3.63) is 81.3 Å². The molecule has 0 aliphatic heterocycles. The number of ether oxygens (including phenoxy) is 1. The molecule has 1 aromatic heterocycles. The van der Waals surface area contributed by atoms with Gasteiger partial charge >= 0.3 is 5.97 Å². The largest absolute Gasteiger partial charge is 0.454 e. The van der Waals surface area contributed by atoms with Crippen molar-refractivity contribution in [3.8, 4) is 0 Å². The number of aromatic nitrogens is 1. The Bertz CT molecular complexity index is 1000. The number of hydrogen-bond donors (Lipinski definition) is 0. The van der Waals surface area contributed by atoms with Gasteiger partial charge in [0.2, 0.25) is 5.78 Å². The molecule has 1 heterocycles. The highest BCUT2D eigenvalue weighted by molar-refractivity contribution is 7.98. The van der Waals surface area contributed by atoms with Crippen molar-refractivity contribution in [1.29, 1.82) is 0 Å². The summed E-state index contributed by atoms with van der Waals surface area (Å²) < 4.78 is 31.4. The predicted molar refractivity (Wildman–Crippen MR) is 104 cm³/mol. The minimum Gasteiger partial charge on any atom is -0.454 e. The van der Waals surface area contributed by atoms with Gasteiger partial charge in [0.1, 0.15) is 11.6 Å². The van der Waals surface area contributed by atoms with E-state index in [0.29, 0.717) is 6.07 Å². The summed E-state index contributed by atoms with van der Waals surface area (Å²) in [5, 5.41) is 3.03. The normalized spacial score (nSPS) is 10.7. The van der Waals surface area contributed by atoms with E-state index in [4.69, 9.17) is 4.74 Å². The molecule has 0 aliphatic carbocycles. The van der Waals surface area contributed by atoms with Gasteiger partial charge in [0, 0.05) is 22.1 Å². The molecule has 0 spiro atoms. The average Bonchev–Trinajstić information content (AvgIpc) is 3.10. The number of benzene rings is 2. The summed E-state index contributed by atoms with van der Waals surface area (Å²) in [5.74, 6) is -2.47. The molecule has 0 aliphatic rings. The van der Waals surface area contributed by atoms with Crippen LogP contribution in [0.5, 0.6) is 0 Å². The SMILES string of the molecule is Cc1nc(CSc2ccc(C(=O)OCC(=O)c3ccc(F)cc3F)cc2)cs1. The van der Waals surface area contributed by atoms with E-state index in [0.717, 1.165) is 33.5 Å². The second kappa shape index (κ2) is 9.07.